The highest BCUT2D eigenvalue weighted by Crippen LogP contribution is 2.33. The van der Waals surface area contributed by atoms with Crippen LogP contribution in [0.5, 0.6) is 11.6 Å². The summed E-state index contributed by atoms with van der Waals surface area (Å²) in [6, 6.07) is 12.7. The normalized spacial score (nSPS) is 11.8. The van der Waals surface area contributed by atoms with Crippen LogP contribution in [-0.4, -0.2) is 31.8 Å². The van der Waals surface area contributed by atoms with Crippen molar-refractivity contribution in [3.63, 3.8) is 0 Å². The number of ether oxygens (including phenoxy) is 1. The average molecular weight is 483 g/mol. The summed E-state index contributed by atoms with van der Waals surface area (Å²) in [5.41, 5.74) is -1.50. The van der Waals surface area contributed by atoms with Crippen molar-refractivity contribution in [3.8, 4) is 11.6 Å². The smallest absolute Gasteiger partial charge is 0.417 e. The number of halogens is 3. The van der Waals surface area contributed by atoms with Crippen LogP contribution in [0.1, 0.15) is 15.9 Å². The Kier molecular flexibility index (Phi) is 6.79. The van der Waals surface area contributed by atoms with Crippen LogP contribution in [0.2, 0.25) is 0 Å². The lowest BCUT2D eigenvalue weighted by Crippen LogP contribution is -2.16. The predicted octanol–water partition coefficient (Wildman–Crippen LogP) is 5.27. The zero-order valence-corrected chi connectivity index (χ0v) is 18.4. The number of carbonyl (C=O) groups is 1. The quantitative estimate of drug-likeness (QED) is 0.482. The second-order valence-electron chi connectivity index (χ2n) is 6.61. The molecule has 0 fully saturated rings. The first-order chi connectivity index (χ1) is 15.0. The van der Waals surface area contributed by atoms with Crippen molar-refractivity contribution in [3.05, 3.63) is 71.9 Å². The van der Waals surface area contributed by atoms with Crippen molar-refractivity contribution in [2.45, 2.75) is 16.0 Å². The van der Waals surface area contributed by atoms with E-state index in [0.29, 0.717) is 12.3 Å². The number of rotatable bonds is 6. The Morgan fingerprint density at radius 3 is 2.47 bits per heavy atom. The van der Waals surface area contributed by atoms with Crippen LogP contribution in [0.25, 0.3) is 0 Å². The Balaban J connectivity index is 1.99. The summed E-state index contributed by atoms with van der Waals surface area (Å²) >= 11 is 1.44. The van der Waals surface area contributed by atoms with Gasteiger partial charge in [-0.15, -0.1) is 11.8 Å². The topological polar surface area (TPSA) is 85.4 Å². The maximum atomic E-state index is 13.2. The number of nitrogens with one attached hydrogen (secondary N) is 1. The molecule has 0 atom stereocenters. The fraction of sp³-hybridized carbons (Fsp3) is 0.143. The monoisotopic (exact) mass is 482 g/mol. The van der Waals surface area contributed by atoms with E-state index in [1.54, 1.807) is 18.2 Å². The Morgan fingerprint density at radius 1 is 1.09 bits per heavy atom. The number of aromatic nitrogens is 1. The average Bonchev–Trinajstić information content (AvgIpc) is 2.73. The van der Waals surface area contributed by atoms with Gasteiger partial charge in [-0.25, -0.2) is 13.4 Å². The third kappa shape index (κ3) is 5.80. The minimum atomic E-state index is -4.73. The number of benzene rings is 2. The fourth-order valence-corrected chi connectivity index (χ4v) is 3.75. The van der Waals surface area contributed by atoms with E-state index in [0.717, 1.165) is 11.2 Å². The molecule has 0 radical (unpaired) electrons. The lowest BCUT2D eigenvalue weighted by atomic mass is 10.1. The first kappa shape index (κ1) is 23.6. The number of sulfone groups is 1. The van der Waals surface area contributed by atoms with Crippen molar-refractivity contribution >= 4 is 33.2 Å². The van der Waals surface area contributed by atoms with Crippen molar-refractivity contribution in [1.82, 2.24) is 4.98 Å². The predicted molar refractivity (Wildman–Crippen MR) is 115 cm³/mol. The first-order valence-corrected chi connectivity index (χ1v) is 12.1. The molecule has 0 aliphatic carbocycles. The van der Waals surface area contributed by atoms with Crippen LogP contribution >= 0.6 is 11.8 Å². The van der Waals surface area contributed by atoms with E-state index in [4.69, 9.17) is 4.74 Å². The molecule has 1 amide bonds. The van der Waals surface area contributed by atoms with Gasteiger partial charge in [0.25, 0.3) is 5.91 Å². The molecule has 0 aliphatic heterocycles. The second kappa shape index (κ2) is 9.21. The molecular formula is C21H17F3N2O4S2. The molecule has 3 rings (SSSR count). The summed E-state index contributed by atoms with van der Waals surface area (Å²) in [4.78, 5) is 17.3. The zero-order chi connectivity index (χ0) is 23.5. The lowest BCUT2D eigenvalue weighted by molar-refractivity contribution is -0.137. The Morgan fingerprint density at radius 2 is 1.81 bits per heavy atom. The number of hydrogen-bond donors (Lipinski definition) is 1. The van der Waals surface area contributed by atoms with E-state index in [9.17, 15) is 26.4 Å². The van der Waals surface area contributed by atoms with Crippen molar-refractivity contribution < 1.29 is 31.1 Å². The number of amides is 1. The number of anilines is 1. The van der Waals surface area contributed by atoms with Gasteiger partial charge in [-0.1, -0.05) is 12.1 Å². The van der Waals surface area contributed by atoms with Crippen LogP contribution in [0.4, 0.5) is 18.9 Å². The van der Waals surface area contributed by atoms with Crippen LogP contribution in [0.3, 0.4) is 0 Å². The van der Waals surface area contributed by atoms with Crippen LogP contribution in [0, 0.1) is 0 Å². The van der Waals surface area contributed by atoms with Gasteiger partial charge in [0.2, 0.25) is 5.88 Å². The van der Waals surface area contributed by atoms with Crippen molar-refractivity contribution in [1.29, 1.82) is 0 Å². The highest BCUT2D eigenvalue weighted by molar-refractivity contribution is 7.98. The number of carbonyl (C=O) groups excluding carboxylic acids is 1. The van der Waals surface area contributed by atoms with E-state index in [1.807, 2.05) is 12.3 Å². The maximum absolute atomic E-state index is 13.2. The van der Waals surface area contributed by atoms with Crippen LogP contribution in [-0.2, 0) is 16.0 Å². The summed E-state index contributed by atoms with van der Waals surface area (Å²) in [6.07, 6.45) is -1.30. The molecule has 0 aliphatic rings. The van der Waals surface area contributed by atoms with Gasteiger partial charge in [-0.2, -0.15) is 13.2 Å². The number of alkyl halides is 3. The van der Waals surface area contributed by atoms with Crippen LogP contribution in [0.15, 0.2) is 70.6 Å². The Bertz CT molecular complexity index is 1260. The summed E-state index contributed by atoms with van der Waals surface area (Å²) in [5, 5.41) is 2.40. The highest BCUT2D eigenvalue weighted by atomic mass is 32.2. The van der Waals surface area contributed by atoms with Gasteiger partial charge in [0.05, 0.1) is 10.5 Å². The molecule has 1 N–H and O–H groups in total. The number of thioether (sulfide) groups is 1. The molecule has 6 nitrogen and oxygen atoms in total. The minimum Gasteiger partial charge on any atom is -0.438 e. The van der Waals surface area contributed by atoms with Gasteiger partial charge >= 0.3 is 6.18 Å². The molecule has 3 aromatic rings. The van der Waals surface area contributed by atoms with Gasteiger partial charge in [0, 0.05) is 23.0 Å². The molecule has 0 spiro atoms. The summed E-state index contributed by atoms with van der Waals surface area (Å²) in [5.74, 6) is -0.976. The summed E-state index contributed by atoms with van der Waals surface area (Å²) in [7, 11) is -3.55. The van der Waals surface area contributed by atoms with Gasteiger partial charge in [0.1, 0.15) is 11.3 Å². The molecule has 32 heavy (non-hydrogen) atoms. The Hall–Kier alpha value is -3.05. The zero-order valence-electron chi connectivity index (χ0n) is 16.8. The van der Waals surface area contributed by atoms with Crippen molar-refractivity contribution in [2.75, 3.05) is 17.8 Å². The molecule has 11 heteroatoms. The van der Waals surface area contributed by atoms with Gasteiger partial charge in [-0.3, -0.25) is 4.79 Å². The van der Waals surface area contributed by atoms with E-state index in [-0.39, 0.29) is 22.2 Å². The Labute approximate surface area is 186 Å². The summed E-state index contributed by atoms with van der Waals surface area (Å²) in [6.45, 7) is 0. The highest BCUT2D eigenvalue weighted by Gasteiger charge is 2.33. The number of hydrogen-bond acceptors (Lipinski definition) is 6. The molecule has 0 bridgehead atoms. The van der Waals surface area contributed by atoms with Crippen molar-refractivity contribution in [2.24, 2.45) is 0 Å². The van der Waals surface area contributed by atoms with E-state index in [1.165, 1.54) is 36.0 Å². The first-order valence-electron chi connectivity index (χ1n) is 8.98. The SMILES string of the molecule is CSc1cccc(Oc2ncc(C(F)(F)F)cc2C(=O)Nc2cccc(S(C)(=O)=O)c2)c1. The van der Waals surface area contributed by atoms with E-state index >= 15 is 0 Å². The van der Waals surface area contributed by atoms with E-state index in [2.05, 4.69) is 10.3 Å². The largest absolute Gasteiger partial charge is 0.438 e. The third-order valence-electron chi connectivity index (χ3n) is 4.20. The molecule has 0 unspecified atom stereocenters. The number of nitrogens with zero attached hydrogens (tertiary/aromatic N) is 1. The van der Waals surface area contributed by atoms with Crippen LogP contribution < -0.4 is 10.1 Å². The maximum Gasteiger partial charge on any atom is 0.417 e. The molecule has 0 saturated carbocycles. The lowest BCUT2D eigenvalue weighted by Gasteiger charge is -2.14. The summed E-state index contributed by atoms with van der Waals surface area (Å²) < 4.78 is 68.7. The minimum absolute atomic E-state index is 0.0529. The molecular weight excluding hydrogens is 465 g/mol. The number of pyridine rings is 1. The molecule has 1 heterocycles. The molecule has 1 aromatic heterocycles. The van der Waals surface area contributed by atoms with Gasteiger partial charge < -0.3 is 10.1 Å². The third-order valence-corrected chi connectivity index (χ3v) is 6.03. The standard InChI is InChI=1S/C21H17F3N2O4S2/c1-31-16-7-4-6-15(11-16)30-20-18(9-13(12-25-20)21(22,23)24)19(27)26-14-5-3-8-17(10-14)32(2,28)29/h3-12H,1-2H3,(H,26,27). The fourth-order valence-electron chi connectivity index (χ4n) is 2.63. The second-order valence-corrected chi connectivity index (χ2v) is 9.51. The molecule has 0 saturated heterocycles. The van der Waals surface area contributed by atoms with E-state index < -0.39 is 33.0 Å². The molecule has 168 valence electrons. The molecule has 2 aromatic carbocycles. The van der Waals surface area contributed by atoms with Gasteiger partial charge in [-0.05, 0) is 48.7 Å². The van der Waals surface area contributed by atoms with Gasteiger partial charge in [0.15, 0.2) is 9.84 Å².